The number of carbonyl (C=O) groups excluding carboxylic acids is 2. The van der Waals surface area contributed by atoms with Crippen LogP contribution in [-0.4, -0.2) is 22.2 Å². The van der Waals surface area contributed by atoms with Gasteiger partial charge < -0.3 is 30.0 Å². The van der Waals surface area contributed by atoms with Gasteiger partial charge in [0.1, 0.15) is 23.5 Å². The molecule has 0 radical (unpaired) electrons. The van der Waals surface area contributed by atoms with Gasteiger partial charge in [-0.2, -0.15) is 0 Å². The Morgan fingerprint density at radius 3 is 1.00 bits per heavy atom. The van der Waals surface area contributed by atoms with Crippen molar-refractivity contribution < 1.29 is 96.8 Å². The SMILES string of the molecule is C=C(O)C(=O)[O-].C=C(O)C(=O)[O-].Fc1c(F)c(F)c(C2=[C]([Hf+2][C]3=C(c4c(F)c(F)c(F)c(F)c4F)C=CC3)CC=C2)c(F)c1F. The number of aliphatic carboxylic acids is 2. The molecule has 0 aliphatic heterocycles. The van der Waals surface area contributed by atoms with E-state index < -0.39 is 116 Å². The molecular weight excluding hydrogens is 801 g/mol. The number of aliphatic hydroxyl groups is 2. The van der Waals surface area contributed by atoms with Crippen molar-refractivity contribution in [2.45, 2.75) is 12.8 Å². The first-order chi connectivity index (χ1) is 20.8. The minimum absolute atomic E-state index is 0.0891. The fourth-order valence-electron chi connectivity index (χ4n) is 3.58. The van der Waals surface area contributed by atoms with Crippen LogP contribution in [0.15, 0.2) is 55.6 Å². The van der Waals surface area contributed by atoms with Gasteiger partial charge in [-0.05, 0) is 0 Å². The molecule has 17 heteroatoms. The fourth-order valence-corrected chi connectivity index (χ4v) is 8.93. The Morgan fingerprint density at radius 2 is 0.778 bits per heavy atom. The van der Waals surface area contributed by atoms with Gasteiger partial charge in [-0.3, -0.25) is 0 Å². The van der Waals surface area contributed by atoms with Crippen LogP contribution in [0.5, 0.6) is 0 Å². The third kappa shape index (κ3) is 8.01. The Hall–Kier alpha value is -4.41. The van der Waals surface area contributed by atoms with Gasteiger partial charge in [0.25, 0.3) is 0 Å². The number of carboxylic acid groups (broad SMARTS) is 2. The van der Waals surface area contributed by atoms with Crippen LogP contribution in [-0.2, 0) is 32.5 Å². The molecule has 45 heavy (non-hydrogen) atoms. The Morgan fingerprint density at radius 1 is 0.556 bits per heavy atom. The molecule has 0 heterocycles. The molecule has 0 unspecified atom stereocenters. The van der Waals surface area contributed by atoms with Crippen molar-refractivity contribution in [3.05, 3.63) is 125 Å². The summed E-state index contributed by atoms with van der Waals surface area (Å²) in [6.45, 7) is 5.30. The van der Waals surface area contributed by atoms with Crippen LogP contribution in [0.1, 0.15) is 24.0 Å². The molecule has 2 aromatic carbocycles. The molecule has 0 bridgehead atoms. The summed E-state index contributed by atoms with van der Waals surface area (Å²) in [6, 6.07) is 0. The molecule has 4 rings (SSSR count). The normalized spacial score (nSPS) is 13.2. The van der Waals surface area contributed by atoms with Gasteiger partial charge in [0.05, 0.1) is 0 Å². The molecule has 0 saturated heterocycles. The second-order valence-electron chi connectivity index (χ2n) is 8.48. The van der Waals surface area contributed by atoms with E-state index in [1.807, 2.05) is 0 Å². The average molecular weight is 815 g/mol. The number of benzene rings is 2. The number of aliphatic hydroxyl groups excluding tert-OH is 2. The van der Waals surface area contributed by atoms with Crippen LogP contribution in [0.3, 0.4) is 0 Å². The zero-order valence-electron chi connectivity index (χ0n) is 21.9. The number of hydrogen-bond acceptors (Lipinski definition) is 6. The summed E-state index contributed by atoms with van der Waals surface area (Å²) in [7, 11) is 0. The van der Waals surface area contributed by atoms with Crippen LogP contribution in [0, 0.1) is 58.2 Å². The molecule has 2 N–H and O–H groups in total. The molecule has 6 nitrogen and oxygen atoms in total. The number of carboxylic acids is 2. The quantitative estimate of drug-likeness (QED) is 0.108. The molecule has 236 valence electrons. The molecule has 0 fully saturated rings. The first-order valence-corrected chi connectivity index (χ1v) is 15.2. The summed E-state index contributed by atoms with van der Waals surface area (Å²) < 4.78 is 139. The number of allylic oxidation sites excluding steroid dienone is 8. The molecule has 2 aliphatic carbocycles. The average Bonchev–Trinajstić information content (AvgIpc) is 3.63. The maximum absolute atomic E-state index is 14.3. The van der Waals surface area contributed by atoms with Crippen molar-refractivity contribution in [1.29, 1.82) is 0 Å². The van der Waals surface area contributed by atoms with Gasteiger partial charge >= 0.3 is 191 Å². The third-order valence-corrected chi connectivity index (χ3v) is 11.2. The van der Waals surface area contributed by atoms with E-state index in [1.165, 1.54) is 24.3 Å². The first kappa shape index (κ1) is 36.8. The summed E-state index contributed by atoms with van der Waals surface area (Å²) in [5.41, 5.74) is -2.71. The van der Waals surface area contributed by atoms with Crippen molar-refractivity contribution in [2.24, 2.45) is 0 Å². The number of halogens is 10. The van der Waals surface area contributed by atoms with E-state index >= 15 is 0 Å². The number of carbonyl (C=O) groups is 2. The zero-order valence-corrected chi connectivity index (χ0v) is 25.5. The van der Waals surface area contributed by atoms with E-state index in [4.69, 9.17) is 10.2 Å². The van der Waals surface area contributed by atoms with E-state index in [1.54, 1.807) is 0 Å². The van der Waals surface area contributed by atoms with Crippen molar-refractivity contribution in [3.63, 3.8) is 0 Å². The summed E-state index contributed by atoms with van der Waals surface area (Å²) in [5.74, 6) is -26.3. The summed E-state index contributed by atoms with van der Waals surface area (Å²) in [4.78, 5) is 18.5. The first-order valence-electron chi connectivity index (χ1n) is 11.6. The Bertz CT molecular complexity index is 1540. The van der Waals surface area contributed by atoms with E-state index in [0.29, 0.717) is 6.66 Å². The fraction of sp³-hybridized carbons (Fsp3) is 0.0714. The van der Waals surface area contributed by atoms with E-state index in [9.17, 15) is 63.7 Å². The molecule has 0 atom stereocenters. The standard InChI is InChI=1S/2C11H4F5.2C3H4O3.Hf/c2*12-7-6(5-3-1-2-4-5)8(13)10(15)11(16)9(7)14;2*1-2(4)3(5)6;/h2*1,3H,2H2;2*4H,1H2,(H,5,6);/q;;;;+2/p-2. The van der Waals surface area contributed by atoms with E-state index in [0.717, 1.165) is 0 Å². The van der Waals surface area contributed by atoms with Crippen LogP contribution >= 0.6 is 0 Å². The summed E-state index contributed by atoms with van der Waals surface area (Å²) in [5, 5.41) is 34.0. The third-order valence-electron chi connectivity index (χ3n) is 5.59. The van der Waals surface area contributed by atoms with Crippen LogP contribution in [0.2, 0.25) is 0 Å². The van der Waals surface area contributed by atoms with Gasteiger partial charge in [-0.25, -0.2) is 0 Å². The Kier molecular flexibility index (Phi) is 12.3. The molecule has 0 aromatic heterocycles. The number of hydrogen-bond donors (Lipinski definition) is 2. The van der Waals surface area contributed by atoms with Gasteiger partial charge in [0, 0.05) is 0 Å². The van der Waals surface area contributed by atoms with Gasteiger partial charge in [0.15, 0.2) is 0 Å². The summed E-state index contributed by atoms with van der Waals surface area (Å²) in [6.07, 6.45) is 5.40. The minimum atomic E-state index is -2.49. The van der Waals surface area contributed by atoms with Gasteiger partial charge in [-0.1, -0.05) is 13.2 Å². The monoisotopic (exact) mass is 816 g/mol. The second-order valence-corrected chi connectivity index (χ2v) is 13.7. The maximum atomic E-state index is 14.3. The number of rotatable bonds is 6. The van der Waals surface area contributed by atoms with E-state index in [2.05, 4.69) is 13.2 Å². The Balaban J connectivity index is 0.000000499. The van der Waals surface area contributed by atoms with Crippen molar-refractivity contribution in [2.75, 3.05) is 0 Å². The summed E-state index contributed by atoms with van der Waals surface area (Å²) >= 11 is -2.49. The van der Waals surface area contributed by atoms with Crippen molar-refractivity contribution in [3.8, 4) is 0 Å². The van der Waals surface area contributed by atoms with Crippen LogP contribution in [0.25, 0.3) is 11.1 Å². The predicted molar refractivity (Wildman–Crippen MR) is 127 cm³/mol. The van der Waals surface area contributed by atoms with Crippen molar-refractivity contribution in [1.82, 2.24) is 0 Å². The topological polar surface area (TPSA) is 121 Å². The molecule has 2 aromatic rings. The molecular formula is C28H14F10HfO6. The van der Waals surface area contributed by atoms with Gasteiger partial charge in [-0.15, -0.1) is 0 Å². The molecule has 2 aliphatic rings. The molecule has 0 amide bonds. The second kappa shape index (κ2) is 15.0. The molecule has 0 spiro atoms. The van der Waals surface area contributed by atoms with Crippen molar-refractivity contribution >= 4 is 23.1 Å². The Labute approximate surface area is 257 Å². The van der Waals surface area contributed by atoms with E-state index in [-0.39, 0.29) is 24.0 Å². The van der Waals surface area contributed by atoms with Gasteiger partial charge in [0.2, 0.25) is 0 Å². The predicted octanol–water partition coefficient (Wildman–Crippen LogP) is 4.82. The molecule has 0 saturated carbocycles. The van der Waals surface area contributed by atoms with Crippen LogP contribution < -0.4 is 10.2 Å². The van der Waals surface area contributed by atoms with Crippen LogP contribution in [0.4, 0.5) is 43.9 Å². The zero-order chi connectivity index (χ0) is 34.5.